The van der Waals surface area contributed by atoms with E-state index < -0.39 is 0 Å². The molecule has 1 aliphatic carbocycles. The first-order valence-corrected chi connectivity index (χ1v) is 9.54. The van der Waals surface area contributed by atoms with E-state index in [0.29, 0.717) is 11.5 Å². The van der Waals surface area contributed by atoms with Crippen LogP contribution in [0.2, 0.25) is 0 Å². The van der Waals surface area contributed by atoms with Gasteiger partial charge in [0.25, 0.3) is 0 Å². The van der Waals surface area contributed by atoms with Gasteiger partial charge in [-0.25, -0.2) is 0 Å². The minimum atomic E-state index is 0.512. The van der Waals surface area contributed by atoms with Gasteiger partial charge in [-0.15, -0.1) is 0 Å². The number of hydrogen-bond donors (Lipinski definition) is 0. The van der Waals surface area contributed by atoms with E-state index in [1.165, 1.54) is 51.7 Å². The summed E-state index contributed by atoms with van der Waals surface area (Å²) in [7, 11) is 2.28. The lowest BCUT2D eigenvalue weighted by Crippen LogP contribution is -2.40. The molecule has 24 heavy (non-hydrogen) atoms. The van der Waals surface area contributed by atoms with E-state index in [1.807, 2.05) is 6.92 Å². The van der Waals surface area contributed by atoms with Crippen LogP contribution < -0.4 is 0 Å². The average molecular weight is 333 g/mol. The van der Waals surface area contributed by atoms with E-state index in [2.05, 4.69) is 28.1 Å². The molecule has 134 valence electrons. The molecule has 0 aromatic carbocycles. The molecule has 3 aliphatic rings. The molecule has 1 aromatic rings. The largest absolute Gasteiger partial charge is 0.380 e. The minimum Gasteiger partial charge on any atom is -0.380 e. The van der Waals surface area contributed by atoms with Crippen molar-refractivity contribution in [3.05, 3.63) is 17.5 Å². The van der Waals surface area contributed by atoms with Crippen LogP contribution in [0, 0.1) is 18.3 Å². The second-order valence-corrected chi connectivity index (χ2v) is 8.46. The van der Waals surface area contributed by atoms with Crippen molar-refractivity contribution < 1.29 is 9.26 Å². The molecule has 2 aliphatic heterocycles. The summed E-state index contributed by atoms with van der Waals surface area (Å²) in [4.78, 5) is 5.07. The summed E-state index contributed by atoms with van der Waals surface area (Å²) in [5, 5.41) is 4.13. The standard InChI is InChI=1S/C19H31N3O2/c1-15-9-17(20-24-15)11-22-7-5-19(6-8-22)10-18(21(2)14-19)13-23-12-16-3-4-16/h9,16,18H,3-8,10-14H2,1-2H3. The highest BCUT2D eigenvalue weighted by atomic mass is 16.5. The van der Waals surface area contributed by atoms with Crippen molar-refractivity contribution in [3.63, 3.8) is 0 Å². The molecule has 1 aromatic heterocycles. The molecule has 3 heterocycles. The predicted octanol–water partition coefficient (Wildman–Crippen LogP) is 2.70. The Labute approximate surface area is 145 Å². The summed E-state index contributed by atoms with van der Waals surface area (Å²) in [5.74, 6) is 1.78. The van der Waals surface area contributed by atoms with Crippen molar-refractivity contribution in [2.24, 2.45) is 11.3 Å². The molecule has 4 rings (SSSR count). The van der Waals surface area contributed by atoms with Crippen LogP contribution >= 0.6 is 0 Å². The number of hydrogen-bond acceptors (Lipinski definition) is 5. The molecule has 1 saturated carbocycles. The van der Waals surface area contributed by atoms with Gasteiger partial charge in [0.1, 0.15) is 5.76 Å². The topological polar surface area (TPSA) is 41.7 Å². The summed E-state index contributed by atoms with van der Waals surface area (Å²) in [6, 6.07) is 2.68. The highest BCUT2D eigenvalue weighted by Gasteiger charge is 2.44. The second-order valence-electron chi connectivity index (χ2n) is 8.46. The monoisotopic (exact) mass is 333 g/mol. The second kappa shape index (κ2) is 6.77. The molecule has 1 atom stereocenters. The molecule has 5 nitrogen and oxygen atoms in total. The molecule has 1 spiro atoms. The van der Waals surface area contributed by atoms with E-state index in [1.54, 1.807) is 0 Å². The first kappa shape index (κ1) is 16.6. The van der Waals surface area contributed by atoms with Crippen LogP contribution in [0.4, 0.5) is 0 Å². The van der Waals surface area contributed by atoms with E-state index in [-0.39, 0.29) is 0 Å². The van der Waals surface area contributed by atoms with Gasteiger partial charge in [-0.2, -0.15) is 0 Å². The average Bonchev–Trinajstić information content (AvgIpc) is 3.22. The first-order valence-electron chi connectivity index (χ1n) is 9.54. The van der Waals surface area contributed by atoms with Gasteiger partial charge in [0.05, 0.1) is 12.3 Å². The third kappa shape index (κ3) is 3.84. The number of nitrogens with zero attached hydrogens (tertiary/aromatic N) is 3. The van der Waals surface area contributed by atoms with Crippen LogP contribution in [-0.4, -0.2) is 60.9 Å². The zero-order valence-corrected chi connectivity index (χ0v) is 15.2. The maximum Gasteiger partial charge on any atom is 0.133 e. The third-order valence-electron chi connectivity index (χ3n) is 6.22. The van der Waals surface area contributed by atoms with Gasteiger partial charge in [-0.05, 0) is 70.5 Å². The lowest BCUT2D eigenvalue weighted by Gasteiger charge is -2.39. The molecule has 0 N–H and O–H groups in total. The number of likely N-dealkylation sites (N-methyl/N-ethyl adjacent to an activating group) is 1. The molecule has 5 heteroatoms. The molecule has 3 fully saturated rings. The summed E-state index contributed by atoms with van der Waals surface area (Å²) >= 11 is 0. The van der Waals surface area contributed by atoms with E-state index in [0.717, 1.165) is 37.1 Å². The Hall–Kier alpha value is -0.910. The van der Waals surface area contributed by atoms with Crippen molar-refractivity contribution in [2.75, 3.05) is 39.9 Å². The fraction of sp³-hybridized carbons (Fsp3) is 0.842. The van der Waals surface area contributed by atoms with Crippen molar-refractivity contribution in [1.29, 1.82) is 0 Å². The van der Waals surface area contributed by atoms with E-state index in [4.69, 9.17) is 9.26 Å². The molecular formula is C19H31N3O2. The molecule has 0 radical (unpaired) electrons. The zero-order valence-electron chi connectivity index (χ0n) is 15.2. The van der Waals surface area contributed by atoms with Crippen LogP contribution in [0.25, 0.3) is 0 Å². The van der Waals surface area contributed by atoms with Gasteiger partial charge in [0.2, 0.25) is 0 Å². The molecule has 0 amide bonds. The summed E-state index contributed by atoms with van der Waals surface area (Å²) in [6.07, 6.45) is 6.67. The van der Waals surface area contributed by atoms with Gasteiger partial charge in [-0.1, -0.05) is 5.16 Å². The Kier molecular flexibility index (Phi) is 4.67. The van der Waals surface area contributed by atoms with Crippen LogP contribution in [0.1, 0.15) is 43.6 Å². The summed E-state index contributed by atoms with van der Waals surface area (Å²) in [5.41, 5.74) is 1.58. The summed E-state index contributed by atoms with van der Waals surface area (Å²) in [6.45, 7) is 8.39. The normalized spacial score (nSPS) is 28.0. The number of likely N-dealkylation sites (tertiary alicyclic amines) is 2. The Morgan fingerprint density at radius 3 is 2.75 bits per heavy atom. The highest BCUT2D eigenvalue weighted by Crippen LogP contribution is 2.43. The van der Waals surface area contributed by atoms with Crippen molar-refractivity contribution in [2.45, 2.75) is 51.6 Å². The highest BCUT2D eigenvalue weighted by molar-refractivity contribution is 5.04. The lowest BCUT2D eigenvalue weighted by atomic mass is 9.76. The lowest BCUT2D eigenvalue weighted by molar-refractivity contribution is 0.0776. The van der Waals surface area contributed by atoms with Crippen molar-refractivity contribution in [3.8, 4) is 0 Å². The first-order chi connectivity index (χ1) is 11.6. The summed E-state index contributed by atoms with van der Waals surface area (Å²) < 4.78 is 11.2. The Morgan fingerprint density at radius 1 is 1.29 bits per heavy atom. The van der Waals surface area contributed by atoms with E-state index in [9.17, 15) is 0 Å². The zero-order chi connectivity index (χ0) is 16.6. The van der Waals surface area contributed by atoms with Crippen LogP contribution in [0.15, 0.2) is 10.6 Å². The molecule has 0 bridgehead atoms. The number of rotatable bonds is 6. The van der Waals surface area contributed by atoms with Gasteiger partial charge in [0.15, 0.2) is 0 Å². The fourth-order valence-corrected chi connectivity index (χ4v) is 4.49. The predicted molar refractivity (Wildman–Crippen MR) is 92.8 cm³/mol. The number of aryl methyl sites for hydroxylation is 1. The van der Waals surface area contributed by atoms with Crippen molar-refractivity contribution >= 4 is 0 Å². The SMILES string of the molecule is Cc1cc(CN2CCC3(CC2)CC(COCC2CC2)N(C)C3)no1. The van der Waals surface area contributed by atoms with Crippen LogP contribution in [0.3, 0.4) is 0 Å². The molecule has 2 saturated heterocycles. The van der Waals surface area contributed by atoms with Gasteiger partial charge in [0, 0.05) is 31.8 Å². The molecular weight excluding hydrogens is 302 g/mol. The van der Waals surface area contributed by atoms with E-state index >= 15 is 0 Å². The van der Waals surface area contributed by atoms with Crippen LogP contribution in [-0.2, 0) is 11.3 Å². The van der Waals surface area contributed by atoms with Gasteiger partial charge in [-0.3, -0.25) is 4.90 Å². The Morgan fingerprint density at radius 2 is 2.08 bits per heavy atom. The number of ether oxygens (including phenoxy) is 1. The minimum absolute atomic E-state index is 0.512. The maximum absolute atomic E-state index is 5.98. The number of piperidine rings is 1. The third-order valence-corrected chi connectivity index (χ3v) is 6.22. The quantitative estimate of drug-likeness (QED) is 0.801. The van der Waals surface area contributed by atoms with Gasteiger partial charge < -0.3 is 14.2 Å². The molecule has 1 unspecified atom stereocenters. The maximum atomic E-state index is 5.98. The van der Waals surface area contributed by atoms with Crippen LogP contribution in [0.5, 0.6) is 0 Å². The van der Waals surface area contributed by atoms with Crippen molar-refractivity contribution in [1.82, 2.24) is 15.0 Å². The number of aromatic nitrogens is 1. The fourth-order valence-electron chi connectivity index (χ4n) is 4.49. The van der Waals surface area contributed by atoms with Gasteiger partial charge >= 0.3 is 0 Å². The Bertz CT molecular complexity index is 547. The smallest absolute Gasteiger partial charge is 0.133 e. The Balaban J connectivity index is 1.25.